The number of amides is 1. The summed E-state index contributed by atoms with van der Waals surface area (Å²) in [6.45, 7) is 4.13. The van der Waals surface area contributed by atoms with Crippen LogP contribution in [0.15, 0.2) is 18.2 Å². The molecule has 2 fully saturated rings. The normalized spacial score (nSPS) is 37.9. The summed E-state index contributed by atoms with van der Waals surface area (Å²) >= 11 is 0. The summed E-state index contributed by atoms with van der Waals surface area (Å²) < 4.78 is 0. The standard InChI is InChI=1S/C26H35N3O7/c1-5-6-10-28-23-16-14(11(2)12-8-7-9-13(30)15(12)20(16)31)21(32)18-19(29(3)4)22(33)17(25(27)35)24(34)26(18,23)36/h7-9,11,14,16-19,21,23,28,30,32,36H,5-6,10H2,1-4H3,(H2,27,35)/t11-,14+,16?,17?,18+,19-,21-,23?,26-/m0/s1. The monoisotopic (exact) mass is 501 g/mol. The molecule has 0 heterocycles. The van der Waals surface area contributed by atoms with E-state index < -0.39 is 76.6 Å². The number of hydrogen-bond donors (Lipinski definition) is 5. The Hall–Kier alpha value is -2.66. The third-order valence-electron chi connectivity index (χ3n) is 8.52. The number of carbonyl (C=O) groups is 4. The molecule has 196 valence electrons. The number of nitrogens with two attached hydrogens (primary N) is 1. The van der Waals surface area contributed by atoms with Crippen molar-refractivity contribution >= 4 is 23.3 Å². The van der Waals surface area contributed by atoms with Gasteiger partial charge in [-0.2, -0.15) is 0 Å². The van der Waals surface area contributed by atoms with Crippen molar-refractivity contribution in [3.63, 3.8) is 0 Å². The number of nitrogens with one attached hydrogen (secondary N) is 1. The Balaban J connectivity index is 1.97. The van der Waals surface area contributed by atoms with Crippen LogP contribution in [-0.2, 0) is 14.4 Å². The molecule has 2 saturated carbocycles. The third-order valence-corrected chi connectivity index (χ3v) is 8.52. The zero-order valence-electron chi connectivity index (χ0n) is 21.0. The number of primary amides is 1. The second-order valence-corrected chi connectivity index (χ2v) is 10.6. The van der Waals surface area contributed by atoms with Crippen LogP contribution in [0.5, 0.6) is 5.75 Å². The van der Waals surface area contributed by atoms with Crippen LogP contribution in [0.1, 0.15) is 48.5 Å². The number of likely N-dealkylation sites (N-methyl/N-ethyl adjacent to an activating group) is 1. The summed E-state index contributed by atoms with van der Waals surface area (Å²) in [5.41, 5.74) is 3.68. The van der Waals surface area contributed by atoms with Crippen molar-refractivity contribution in [1.82, 2.24) is 10.2 Å². The van der Waals surface area contributed by atoms with E-state index in [9.17, 15) is 34.5 Å². The fraction of sp³-hybridized carbons (Fsp3) is 0.615. The molecule has 0 aromatic heterocycles. The quantitative estimate of drug-likeness (QED) is 0.257. The van der Waals surface area contributed by atoms with Gasteiger partial charge in [-0.05, 0) is 44.6 Å². The molecule has 4 rings (SSSR count). The van der Waals surface area contributed by atoms with E-state index in [4.69, 9.17) is 5.73 Å². The topological polar surface area (TPSA) is 170 Å². The van der Waals surface area contributed by atoms with Crippen molar-refractivity contribution in [2.24, 2.45) is 29.4 Å². The Labute approximate surface area is 209 Å². The lowest BCUT2D eigenvalue weighted by atomic mass is 9.48. The van der Waals surface area contributed by atoms with E-state index in [1.165, 1.54) is 11.0 Å². The molecule has 0 aliphatic heterocycles. The number of unbranched alkanes of at least 4 members (excludes halogenated alkanes) is 1. The molecule has 6 N–H and O–H groups in total. The first kappa shape index (κ1) is 26.4. The summed E-state index contributed by atoms with van der Waals surface area (Å²) in [6, 6.07) is 2.33. The summed E-state index contributed by atoms with van der Waals surface area (Å²) in [7, 11) is 3.13. The predicted molar refractivity (Wildman–Crippen MR) is 129 cm³/mol. The fourth-order valence-corrected chi connectivity index (χ4v) is 6.94. The first-order valence-corrected chi connectivity index (χ1v) is 12.4. The number of rotatable bonds is 6. The minimum Gasteiger partial charge on any atom is -0.507 e. The summed E-state index contributed by atoms with van der Waals surface area (Å²) in [4.78, 5) is 54.8. The number of aliphatic hydroxyl groups is 2. The Morgan fingerprint density at radius 3 is 2.47 bits per heavy atom. The zero-order valence-corrected chi connectivity index (χ0v) is 21.0. The van der Waals surface area contributed by atoms with E-state index in [1.54, 1.807) is 26.2 Å². The van der Waals surface area contributed by atoms with Crippen LogP contribution in [0.25, 0.3) is 0 Å². The van der Waals surface area contributed by atoms with Gasteiger partial charge < -0.3 is 26.4 Å². The number of aromatic hydroxyl groups is 1. The van der Waals surface area contributed by atoms with Crippen molar-refractivity contribution in [2.45, 2.75) is 56.4 Å². The Bertz CT molecular complexity index is 1110. The molecule has 3 aliphatic carbocycles. The fourth-order valence-electron chi connectivity index (χ4n) is 6.94. The smallest absolute Gasteiger partial charge is 0.235 e. The number of phenols is 1. The van der Waals surface area contributed by atoms with Crippen LogP contribution < -0.4 is 11.1 Å². The molecule has 3 unspecified atom stereocenters. The number of ketones is 3. The van der Waals surface area contributed by atoms with Crippen LogP contribution in [0.3, 0.4) is 0 Å². The molecule has 9 atom stereocenters. The van der Waals surface area contributed by atoms with Crippen LogP contribution in [-0.4, -0.2) is 87.9 Å². The van der Waals surface area contributed by atoms with Gasteiger partial charge in [-0.3, -0.25) is 24.1 Å². The Morgan fingerprint density at radius 2 is 1.89 bits per heavy atom. The Kier molecular flexibility index (Phi) is 6.85. The molecule has 36 heavy (non-hydrogen) atoms. The number of fused-ring (bicyclic) bond motifs is 3. The lowest BCUT2D eigenvalue weighted by molar-refractivity contribution is -0.205. The zero-order chi connectivity index (χ0) is 26.7. The first-order chi connectivity index (χ1) is 16.9. The summed E-state index contributed by atoms with van der Waals surface area (Å²) in [5, 5.41) is 37.7. The van der Waals surface area contributed by atoms with Gasteiger partial charge in [0.2, 0.25) is 5.91 Å². The highest BCUT2D eigenvalue weighted by atomic mass is 16.3. The molecular formula is C26H35N3O7. The minimum absolute atomic E-state index is 0.0951. The molecule has 0 saturated heterocycles. The molecule has 1 aromatic rings. The van der Waals surface area contributed by atoms with E-state index in [0.717, 1.165) is 6.42 Å². The van der Waals surface area contributed by atoms with Crippen LogP contribution >= 0.6 is 0 Å². The van der Waals surface area contributed by atoms with Gasteiger partial charge in [-0.15, -0.1) is 0 Å². The second-order valence-electron chi connectivity index (χ2n) is 10.6. The van der Waals surface area contributed by atoms with E-state index in [0.29, 0.717) is 18.5 Å². The summed E-state index contributed by atoms with van der Waals surface area (Å²) in [6.07, 6.45) is 0.0302. The molecule has 0 spiro atoms. The Morgan fingerprint density at radius 1 is 1.22 bits per heavy atom. The van der Waals surface area contributed by atoms with E-state index >= 15 is 0 Å². The van der Waals surface area contributed by atoms with Gasteiger partial charge in [0.1, 0.15) is 11.4 Å². The highest BCUT2D eigenvalue weighted by Gasteiger charge is 2.72. The van der Waals surface area contributed by atoms with Gasteiger partial charge >= 0.3 is 0 Å². The van der Waals surface area contributed by atoms with Crippen molar-refractivity contribution in [3.8, 4) is 5.75 Å². The molecule has 10 heteroatoms. The van der Waals surface area contributed by atoms with Crippen molar-refractivity contribution in [3.05, 3.63) is 29.3 Å². The predicted octanol–water partition coefficient (Wildman–Crippen LogP) is -0.412. The van der Waals surface area contributed by atoms with Gasteiger partial charge in [-0.1, -0.05) is 32.4 Å². The van der Waals surface area contributed by atoms with Gasteiger partial charge in [-0.25, -0.2) is 0 Å². The number of benzene rings is 1. The van der Waals surface area contributed by atoms with Crippen LogP contribution in [0, 0.1) is 23.7 Å². The van der Waals surface area contributed by atoms with Gasteiger partial charge in [0, 0.05) is 17.8 Å². The molecule has 3 aliphatic rings. The molecule has 0 radical (unpaired) electrons. The number of Topliss-reactive ketones (excluding diaryl/α,β-unsaturated/α-hetero) is 3. The maximum Gasteiger partial charge on any atom is 0.235 e. The van der Waals surface area contributed by atoms with Crippen molar-refractivity contribution < 1.29 is 34.5 Å². The SMILES string of the molecule is CCCCNC1C2C(=O)c3c(O)cccc3[C@H](C)[C@H]2[C@H](O)[C@H]2[C@H](N(C)C)C(=O)C(C(N)=O)C(=O)[C@@]12O. The van der Waals surface area contributed by atoms with Crippen molar-refractivity contribution in [1.29, 1.82) is 0 Å². The average molecular weight is 502 g/mol. The van der Waals surface area contributed by atoms with Crippen LogP contribution in [0.2, 0.25) is 0 Å². The highest BCUT2D eigenvalue weighted by Crippen LogP contribution is 2.55. The molecule has 1 aromatic carbocycles. The van der Waals surface area contributed by atoms with E-state index in [-0.39, 0.29) is 11.3 Å². The van der Waals surface area contributed by atoms with Crippen molar-refractivity contribution in [2.75, 3.05) is 20.6 Å². The number of hydrogen-bond acceptors (Lipinski definition) is 9. The van der Waals surface area contributed by atoms with Gasteiger partial charge in [0.15, 0.2) is 23.3 Å². The van der Waals surface area contributed by atoms with Gasteiger partial charge in [0.25, 0.3) is 0 Å². The van der Waals surface area contributed by atoms with Crippen LogP contribution in [0.4, 0.5) is 0 Å². The number of phenolic OH excluding ortho intramolecular Hbond substituents is 1. The van der Waals surface area contributed by atoms with Gasteiger partial charge in [0.05, 0.1) is 23.8 Å². The number of nitrogens with zero attached hydrogens (tertiary/aromatic N) is 1. The lowest BCUT2D eigenvalue weighted by Crippen LogP contribution is -2.81. The maximum absolute atomic E-state index is 13.9. The number of aliphatic hydroxyl groups excluding tert-OH is 1. The number of carbonyl (C=O) groups excluding carboxylic acids is 4. The minimum atomic E-state index is -2.44. The molecule has 10 nitrogen and oxygen atoms in total. The summed E-state index contributed by atoms with van der Waals surface area (Å²) in [5.74, 6) is -9.29. The van der Waals surface area contributed by atoms with E-state index in [1.807, 2.05) is 13.8 Å². The lowest BCUT2D eigenvalue weighted by Gasteiger charge is -2.60. The second kappa shape index (κ2) is 9.33. The van der Waals surface area contributed by atoms with E-state index in [2.05, 4.69) is 5.32 Å². The maximum atomic E-state index is 13.9. The third kappa shape index (κ3) is 3.53. The largest absolute Gasteiger partial charge is 0.507 e. The first-order valence-electron chi connectivity index (χ1n) is 12.4. The highest BCUT2D eigenvalue weighted by molar-refractivity contribution is 6.24. The molecule has 0 bridgehead atoms. The average Bonchev–Trinajstić information content (AvgIpc) is 2.80. The molecule has 1 amide bonds. The molecular weight excluding hydrogens is 466 g/mol.